The second-order valence-corrected chi connectivity index (χ2v) is 3.36. The van der Waals surface area contributed by atoms with E-state index in [9.17, 15) is 4.79 Å². The molecule has 0 saturated heterocycles. The highest BCUT2D eigenvalue weighted by molar-refractivity contribution is 7.09. The Labute approximate surface area is 85.4 Å². The molecule has 0 spiro atoms. The minimum atomic E-state index is -0.810. The summed E-state index contributed by atoms with van der Waals surface area (Å²) in [5.74, 6) is 0. The number of hydrogen-bond donors (Lipinski definition) is 0. The maximum atomic E-state index is 10.7. The summed E-state index contributed by atoms with van der Waals surface area (Å²) < 4.78 is 4.49. The lowest BCUT2D eigenvalue weighted by Crippen LogP contribution is -2.02. The van der Waals surface area contributed by atoms with Crippen LogP contribution in [0.1, 0.15) is 17.6 Å². The molecule has 0 aromatic carbocycles. The molecule has 1 rings (SSSR count). The SMILES string of the molecule is CCOC(=O)ON=Cc1csc(C)n1. The van der Waals surface area contributed by atoms with Crippen LogP contribution < -0.4 is 0 Å². The summed E-state index contributed by atoms with van der Waals surface area (Å²) in [7, 11) is 0. The summed E-state index contributed by atoms with van der Waals surface area (Å²) >= 11 is 1.50. The van der Waals surface area contributed by atoms with Crippen molar-refractivity contribution in [1.29, 1.82) is 0 Å². The highest BCUT2D eigenvalue weighted by Gasteiger charge is 2.00. The number of nitrogens with zero attached hydrogens (tertiary/aromatic N) is 2. The molecule has 0 saturated carbocycles. The Morgan fingerprint density at radius 1 is 1.79 bits per heavy atom. The summed E-state index contributed by atoms with van der Waals surface area (Å²) in [5.41, 5.74) is 0.664. The van der Waals surface area contributed by atoms with E-state index in [2.05, 4.69) is 19.7 Å². The normalized spacial score (nSPS) is 10.4. The zero-order valence-electron chi connectivity index (χ0n) is 7.89. The van der Waals surface area contributed by atoms with Gasteiger partial charge in [0.1, 0.15) is 0 Å². The summed E-state index contributed by atoms with van der Waals surface area (Å²) in [6, 6.07) is 0. The van der Waals surface area contributed by atoms with Crippen LogP contribution in [-0.4, -0.2) is 24.0 Å². The van der Waals surface area contributed by atoms with E-state index in [1.54, 1.807) is 6.92 Å². The van der Waals surface area contributed by atoms with Crippen molar-refractivity contribution >= 4 is 23.7 Å². The number of thiazole rings is 1. The van der Waals surface area contributed by atoms with E-state index in [0.717, 1.165) is 5.01 Å². The number of oxime groups is 1. The van der Waals surface area contributed by atoms with Gasteiger partial charge >= 0.3 is 6.16 Å². The first-order chi connectivity index (χ1) is 6.72. The number of carbonyl (C=O) groups is 1. The summed E-state index contributed by atoms with van der Waals surface area (Å²) in [5, 5.41) is 6.16. The van der Waals surface area contributed by atoms with Gasteiger partial charge in [-0.15, -0.1) is 11.3 Å². The predicted molar refractivity (Wildman–Crippen MR) is 52.6 cm³/mol. The molecule has 0 aliphatic rings. The first-order valence-electron chi connectivity index (χ1n) is 4.01. The zero-order chi connectivity index (χ0) is 10.4. The molecule has 1 aromatic rings. The fraction of sp³-hybridized carbons (Fsp3) is 0.375. The molecule has 0 aliphatic heterocycles. The van der Waals surface area contributed by atoms with Gasteiger partial charge in [0.25, 0.3) is 0 Å². The van der Waals surface area contributed by atoms with Crippen LogP contribution in [0.2, 0.25) is 0 Å². The molecule has 1 aromatic heterocycles. The van der Waals surface area contributed by atoms with Gasteiger partial charge in [-0.05, 0) is 13.8 Å². The first kappa shape index (κ1) is 10.6. The van der Waals surface area contributed by atoms with E-state index in [1.807, 2.05) is 12.3 Å². The molecule has 0 unspecified atom stereocenters. The second kappa shape index (κ2) is 5.33. The number of rotatable bonds is 3. The maximum Gasteiger partial charge on any atom is 0.535 e. The number of aromatic nitrogens is 1. The molecule has 0 N–H and O–H groups in total. The van der Waals surface area contributed by atoms with Gasteiger partial charge in [0.2, 0.25) is 0 Å². The lowest BCUT2D eigenvalue weighted by atomic mass is 10.5. The topological polar surface area (TPSA) is 60.8 Å². The lowest BCUT2D eigenvalue weighted by molar-refractivity contribution is 0.0618. The summed E-state index contributed by atoms with van der Waals surface area (Å²) in [6.45, 7) is 3.84. The molecule has 0 aliphatic carbocycles. The smallest absolute Gasteiger partial charge is 0.433 e. The Bertz CT molecular complexity index is 335. The molecule has 6 heteroatoms. The van der Waals surface area contributed by atoms with E-state index in [0.29, 0.717) is 5.69 Å². The Morgan fingerprint density at radius 3 is 3.14 bits per heavy atom. The van der Waals surface area contributed by atoms with Crippen molar-refractivity contribution in [3.63, 3.8) is 0 Å². The van der Waals surface area contributed by atoms with E-state index < -0.39 is 6.16 Å². The van der Waals surface area contributed by atoms with Crippen LogP contribution in [0, 0.1) is 6.92 Å². The van der Waals surface area contributed by atoms with Gasteiger partial charge in [-0.25, -0.2) is 9.78 Å². The largest absolute Gasteiger partial charge is 0.535 e. The highest BCUT2D eigenvalue weighted by Crippen LogP contribution is 2.05. The van der Waals surface area contributed by atoms with Crippen molar-refractivity contribution in [2.45, 2.75) is 13.8 Å². The number of ether oxygens (including phenoxy) is 1. The van der Waals surface area contributed by atoms with Gasteiger partial charge in [-0.1, -0.05) is 5.16 Å². The monoisotopic (exact) mass is 214 g/mol. The van der Waals surface area contributed by atoms with Gasteiger partial charge in [-0.3, -0.25) is 4.84 Å². The number of hydrogen-bond acceptors (Lipinski definition) is 6. The van der Waals surface area contributed by atoms with E-state index >= 15 is 0 Å². The van der Waals surface area contributed by atoms with Crippen LogP contribution in [0.3, 0.4) is 0 Å². The molecule has 76 valence electrons. The van der Waals surface area contributed by atoms with Crippen LogP contribution in [0.5, 0.6) is 0 Å². The van der Waals surface area contributed by atoms with Crippen molar-refractivity contribution in [2.24, 2.45) is 5.16 Å². The van der Waals surface area contributed by atoms with Crippen LogP contribution in [0.25, 0.3) is 0 Å². The Balaban J connectivity index is 2.37. The minimum absolute atomic E-state index is 0.268. The van der Waals surface area contributed by atoms with Gasteiger partial charge in [0.05, 0.1) is 23.5 Å². The molecule has 0 amide bonds. The number of aryl methyl sites for hydroxylation is 1. The van der Waals surface area contributed by atoms with Crippen LogP contribution in [0.4, 0.5) is 4.79 Å². The van der Waals surface area contributed by atoms with Crippen molar-refractivity contribution in [2.75, 3.05) is 6.61 Å². The third-order valence-electron chi connectivity index (χ3n) is 1.21. The molecule has 14 heavy (non-hydrogen) atoms. The molecule has 0 radical (unpaired) electrons. The third kappa shape index (κ3) is 3.53. The average Bonchev–Trinajstić information content (AvgIpc) is 2.52. The quantitative estimate of drug-likeness (QED) is 0.334. The van der Waals surface area contributed by atoms with Gasteiger partial charge < -0.3 is 4.74 Å². The minimum Gasteiger partial charge on any atom is -0.433 e. The maximum absolute atomic E-state index is 10.7. The number of carbonyl (C=O) groups excluding carboxylic acids is 1. The Kier molecular flexibility index (Phi) is 4.06. The molecular weight excluding hydrogens is 204 g/mol. The predicted octanol–water partition coefficient (Wildman–Crippen LogP) is 1.96. The van der Waals surface area contributed by atoms with Crippen molar-refractivity contribution in [3.05, 3.63) is 16.1 Å². The average molecular weight is 214 g/mol. The third-order valence-corrected chi connectivity index (χ3v) is 2.00. The summed E-state index contributed by atoms with van der Waals surface area (Å²) in [6.07, 6.45) is 0.552. The van der Waals surface area contributed by atoms with E-state index in [4.69, 9.17) is 0 Å². The fourth-order valence-electron chi connectivity index (χ4n) is 0.707. The van der Waals surface area contributed by atoms with Gasteiger partial charge in [0.15, 0.2) is 0 Å². The highest BCUT2D eigenvalue weighted by atomic mass is 32.1. The van der Waals surface area contributed by atoms with E-state index in [-0.39, 0.29) is 6.61 Å². The molecule has 0 bridgehead atoms. The zero-order valence-corrected chi connectivity index (χ0v) is 8.71. The first-order valence-corrected chi connectivity index (χ1v) is 4.89. The van der Waals surface area contributed by atoms with Gasteiger partial charge in [-0.2, -0.15) is 0 Å². The van der Waals surface area contributed by atoms with Crippen molar-refractivity contribution in [3.8, 4) is 0 Å². The van der Waals surface area contributed by atoms with Gasteiger partial charge in [0, 0.05) is 5.38 Å². The van der Waals surface area contributed by atoms with Crippen LogP contribution in [-0.2, 0) is 9.57 Å². The van der Waals surface area contributed by atoms with Crippen molar-refractivity contribution < 1.29 is 14.4 Å². The standard InChI is InChI=1S/C8H10N2O3S/c1-3-12-8(11)13-9-4-7-5-14-6(2)10-7/h4-5H,3H2,1-2H3. The molecular formula is C8H10N2O3S. The van der Waals surface area contributed by atoms with E-state index in [1.165, 1.54) is 17.6 Å². The van der Waals surface area contributed by atoms with Crippen molar-refractivity contribution in [1.82, 2.24) is 4.98 Å². The fourth-order valence-corrected chi connectivity index (χ4v) is 1.27. The molecule has 0 fully saturated rings. The molecule has 5 nitrogen and oxygen atoms in total. The summed E-state index contributed by atoms with van der Waals surface area (Å²) in [4.78, 5) is 19.1. The molecule has 1 heterocycles. The molecule has 0 atom stereocenters. The Hall–Kier alpha value is -1.43. The lowest BCUT2D eigenvalue weighted by Gasteiger charge is -1.95. The van der Waals surface area contributed by atoms with Crippen LogP contribution in [0.15, 0.2) is 10.5 Å². The van der Waals surface area contributed by atoms with Crippen LogP contribution >= 0.6 is 11.3 Å². The second-order valence-electron chi connectivity index (χ2n) is 2.30. The Morgan fingerprint density at radius 2 is 2.57 bits per heavy atom.